The van der Waals surface area contributed by atoms with E-state index in [0.29, 0.717) is 30.4 Å². The second-order valence-corrected chi connectivity index (χ2v) is 9.67. The summed E-state index contributed by atoms with van der Waals surface area (Å²) in [5.41, 5.74) is 1.61. The van der Waals surface area contributed by atoms with Gasteiger partial charge in [0.05, 0.1) is 4.90 Å². The van der Waals surface area contributed by atoms with Crippen LogP contribution in [0, 0.1) is 0 Å². The molecule has 0 radical (unpaired) electrons. The molecule has 0 aromatic heterocycles. The average molecular weight is 431 g/mol. The van der Waals surface area contributed by atoms with Crippen LogP contribution in [0.1, 0.15) is 51.5 Å². The summed E-state index contributed by atoms with van der Waals surface area (Å²) in [7, 11) is -3.46. The summed E-state index contributed by atoms with van der Waals surface area (Å²) in [5.74, 6) is 0.757. The number of rotatable bonds is 8. The lowest BCUT2D eigenvalue weighted by molar-refractivity contribution is -0.122. The minimum atomic E-state index is -3.46. The highest BCUT2D eigenvalue weighted by molar-refractivity contribution is 7.89. The lowest BCUT2D eigenvalue weighted by Gasteiger charge is -2.20. The van der Waals surface area contributed by atoms with Crippen LogP contribution in [0.25, 0.3) is 0 Å². The molecule has 2 aromatic carbocycles. The zero-order valence-corrected chi connectivity index (χ0v) is 18.6. The third-order valence-corrected chi connectivity index (χ3v) is 7.47. The number of ether oxygens (including phenoxy) is 1. The smallest absolute Gasteiger partial charge is 0.265 e. The van der Waals surface area contributed by atoms with Gasteiger partial charge >= 0.3 is 0 Å². The second-order valence-electron chi connectivity index (χ2n) is 7.73. The van der Waals surface area contributed by atoms with Crippen molar-refractivity contribution < 1.29 is 17.9 Å². The number of carbonyl (C=O) groups is 1. The van der Waals surface area contributed by atoms with E-state index in [-0.39, 0.29) is 10.8 Å². The SMILES string of the molecule is CCC(C)c1ccccc1OC(C)C(=O)Nc1ccc(S(=O)(=O)N2CCCC2)cc1. The molecule has 3 rings (SSSR count). The monoisotopic (exact) mass is 430 g/mol. The summed E-state index contributed by atoms with van der Waals surface area (Å²) < 4.78 is 32.7. The van der Waals surface area contributed by atoms with Crippen LogP contribution in [-0.2, 0) is 14.8 Å². The minimum absolute atomic E-state index is 0.245. The van der Waals surface area contributed by atoms with Crippen molar-refractivity contribution in [2.24, 2.45) is 0 Å². The Morgan fingerprint density at radius 2 is 1.70 bits per heavy atom. The molecule has 0 spiro atoms. The summed E-state index contributed by atoms with van der Waals surface area (Å²) in [5, 5.41) is 2.80. The normalized spacial score (nSPS) is 16.8. The van der Waals surface area contributed by atoms with Crippen LogP contribution in [0.3, 0.4) is 0 Å². The van der Waals surface area contributed by atoms with E-state index >= 15 is 0 Å². The molecule has 0 saturated carbocycles. The molecule has 2 aromatic rings. The van der Waals surface area contributed by atoms with E-state index < -0.39 is 16.1 Å². The molecule has 1 heterocycles. The van der Waals surface area contributed by atoms with Crippen molar-refractivity contribution in [3.8, 4) is 5.75 Å². The number of para-hydroxylation sites is 1. The van der Waals surface area contributed by atoms with Crippen molar-refractivity contribution in [3.05, 3.63) is 54.1 Å². The number of carbonyl (C=O) groups excluding carboxylic acids is 1. The molecule has 0 bridgehead atoms. The van der Waals surface area contributed by atoms with E-state index in [1.807, 2.05) is 24.3 Å². The fourth-order valence-corrected chi connectivity index (χ4v) is 5.01. The zero-order chi connectivity index (χ0) is 21.7. The molecule has 2 unspecified atom stereocenters. The van der Waals surface area contributed by atoms with Gasteiger partial charge in [0.25, 0.3) is 5.91 Å². The summed E-state index contributed by atoms with van der Waals surface area (Å²) in [4.78, 5) is 12.8. The van der Waals surface area contributed by atoms with Crippen molar-refractivity contribution in [2.75, 3.05) is 18.4 Å². The van der Waals surface area contributed by atoms with Gasteiger partial charge < -0.3 is 10.1 Å². The average Bonchev–Trinajstić information content (AvgIpc) is 3.30. The first-order chi connectivity index (χ1) is 14.3. The summed E-state index contributed by atoms with van der Waals surface area (Å²) in [6.45, 7) is 7.08. The third kappa shape index (κ3) is 5.02. The Morgan fingerprint density at radius 3 is 2.33 bits per heavy atom. The number of sulfonamides is 1. The summed E-state index contributed by atoms with van der Waals surface area (Å²) in [6.07, 6.45) is 2.08. The Balaban J connectivity index is 1.65. The van der Waals surface area contributed by atoms with E-state index in [1.54, 1.807) is 19.1 Å². The molecule has 1 saturated heterocycles. The van der Waals surface area contributed by atoms with Crippen LogP contribution in [0.15, 0.2) is 53.4 Å². The van der Waals surface area contributed by atoms with Gasteiger partial charge in [0.1, 0.15) is 5.75 Å². The van der Waals surface area contributed by atoms with Crippen molar-refractivity contribution in [3.63, 3.8) is 0 Å². The molecular formula is C23H30N2O4S. The molecule has 162 valence electrons. The molecule has 1 aliphatic rings. The second kappa shape index (κ2) is 9.62. The number of amides is 1. The minimum Gasteiger partial charge on any atom is -0.481 e. The Hall–Kier alpha value is -2.38. The highest BCUT2D eigenvalue weighted by Gasteiger charge is 2.27. The third-order valence-electron chi connectivity index (χ3n) is 5.56. The predicted octanol–water partition coefficient (Wildman–Crippen LogP) is 4.39. The molecular weight excluding hydrogens is 400 g/mol. The molecule has 7 heteroatoms. The highest BCUT2D eigenvalue weighted by Crippen LogP contribution is 2.29. The van der Waals surface area contributed by atoms with E-state index in [4.69, 9.17) is 4.74 Å². The zero-order valence-electron chi connectivity index (χ0n) is 17.8. The Labute approximate surface area is 179 Å². The molecule has 30 heavy (non-hydrogen) atoms. The van der Waals surface area contributed by atoms with Gasteiger partial charge in [-0.2, -0.15) is 4.31 Å². The topological polar surface area (TPSA) is 75.7 Å². The van der Waals surface area contributed by atoms with Gasteiger partial charge in [0, 0.05) is 18.8 Å². The van der Waals surface area contributed by atoms with Crippen molar-refractivity contribution >= 4 is 21.6 Å². The van der Waals surface area contributed by atoms with Crippen LogP contribution in [-0.4, -0.2) is 37.8 Å². The van der Waals surface area contributed by atoms with Gasteiger partial charge in [-0.25, -0.2) is 8.42 Å². The lowest BCUT2D eigenvalue weighted by Crippen LogP contribution is -2.30. The van der Waals surface area contributed by atoms with E-state index in [1.165, 1.54) is 16.4 Å². The first-order valence-corrected chi connectivity index (χ1v) is 11.9. The largest absolute Gasteiger partial charge is 0.481 e. The summed E-state index contributed by atoms with van der Waals surface area (Å²) >= 11 is 0. The Kier molecular flexibility index (Phi) is 7.15. The highest BCUT2D eigenvalue weighted by atomic mass is 32.2. The van der Waals surface area contributed by atoms with E-state index in [0.717, 1.165) is 24.8 Å². The lowest BCUT2D eigenvalue weighted by atomic mass is 9.98. The Morgan fingerprint density at radius 1 is 1.07 bits per heavy atom. The van der Waals surface area contributed by atoms with Gasteiger partial charge in [-0.05, 0) is 68.0 Å². The number of nitrogens with zero attached hydrogens (tertiary/aromatic N) is 1. The Bertz CT molecular complexity index is 967. The molecule has 1 aliphatic heterocycles. The molecule has 1 fully saturated rings. The van der Waals surface area contributed by atoms with Gasteiger partial charge in [-0.15, -0.1) is 0 Å². The van der Waals surface area contributed by atoms with Crippen LogP contribution in [0.4, 0.5) is 5.69 Å². The van der Waals surface area contributed by atoms with Crippen molar-refractivity contribution in [2.45, 2.75) is 57.0 Å². The quantitative estimate of drug-likeness (QED) is 0.674. The van der Waals surface area contributed by atoms with E-state index in [2.05, 4.69) is 19.2 Å². The van der Waals surface area contributed by atoms with E-state index in [9.17, 15) is 13.2 Å². The first kappa shape index (κ1) is 22.3. The van der Waals surface area contributed by atoms with Crippen LogP contribution < -0.4 is 10.1 Å². The summed E-state index contributed by atoms with van der Waals surface area (Å²) in [6, 6.07) is 14.1. The van der Waals surface area contributed by atoms with Crippen molar-refractivity contribution in [1.29, 1.82) is 0 Å². The predicted molar refractivity (Wildman–Crippen MR) is 118 cm³/mol. The van der Waals surface area contributed by atoms with Crippen molar-refractivity contribution in [1.82, 2.24) is 4.31 Å². The number of benzene rings is 2. The maximum Gasteiger partial charge on any atom is 0.265 e. The van der Waals surface area contributed by atoms with Gasteiger partial charge in [-0.3, -0.25) is 4.79 Å². The van der Waals surface area contributed by atoms with Gasteiger partial charge in [0.2, 0.25) is 10.0 Å². The number of nitrogens with one attached hydrogen (secondary N) is 1. The number of hydrogen-bond acceptors (Lipinski definition) is 4. The first-order valence-electron chi connectivity index (χ1n) is 10.5. The van der Waals surface area contributed by atoms with Gasteiger partial charge in [0.15, 0.2) is 6.10 Å². The molecule has 1 N–H and O–H groups in total. The molecule has 0 aliphatic carbocycles. The number of anilines is 1. The molecule has 6 nitrogen and oxygen atoms in total. The molecule has 1 amide bonds. The maximum atomic E-state index is 12.6. The maximum absolute atomic E-state index is 12.6. The fourth-order valence-electron chi connectivity index (χ4n) is 3.49. The molecule has 2 atom stereocenters. The van der Waals surface area contributed by atoms with Gasteiger partial charge in [-0.1, -0.05) is 32.0 Å². The van der Waals surface area contributed by atoms with Crippen LogP contribution in [0.5, 0.6) is 5.75 Å². The standard InChI is InChI=1S/C23H30N2O4S/c1-4-17(2)21-9-5-6-10-22(21)29-18(3)23(26)24-19-11-13-20(14-12-19)30(27,28)25-15-7-8-16-25/h5-6,9-14,17-18H,4,7-8,15-16H2,1-3H3,(H,24,26). The fraction of sp³-hybridized carbons (Fsp3) is 0.435. The number of hydrogen-bond donors (Lipinski definition) is 1. The van der Waals surface area contributed by atoms with Crippen LogP contribution >= 0.6 is 0 Å². The van der Waals surface area contributed by atoms with Crippen LogP contribution in [0.2, 0.25) is 0 Å².